The summed E-state index contributed by atoms with van der Waals surface area (Å²) in [5.74, 6) is 0.939. The summed E-state index contributed by atoms with van der Waals surface area (Å²) >= 11 is 6.11. The van der Waals surface area contributed by atoms with Gasteiger partial charge in [0.15, 0.2) is 6.10 Å². The van der Waals surface area contributed by atoms with E-state index in [4.69, 9.17) is 22.1 Å². The molecule has 2 N–H and O–H groups in total. The lowest BCUT2D eigenvalue weighted by Crippen LogP contribution is -2.42. The molecule has 1 saturated heterocycles. The van der Waals surface area contributed by atoms with Crippen LogP contribution in [0, 0.1) is 12.8 Å². The lowest BCUT2D eigenvalue weighted by Gasteiger charge is -2.25. The van der Waals surface area contributed by atoms with Crippen LogP contribution in [0.5, 0.6) is 5.75 Å². The second-order valence-corrected chi connectivity index (χ2v) is 6.28. The molecule has 0 radical (unpaired) electrons. The maximum absolute atomic E-state index is 12.5. The van der Waals surface area contributed by atoms with Crippen molar-refractivity contribution in [2.75, 3.05) is 13.1 Å². The Labute approximate surface area is 131 Å². The molecule has 4 nitrogen and oxygen atoms in total. The lowest BCUT2D eigenvalue weighted by atomic mass is 10.1. The van der Waals surface area contributed by atoms with Crippen molar-refractivity contribution in [2.24, 2.45) is 11.7 Å². The fourth-order valence-electron chi connectivity index (χ4n) is 2.80. The summed E-state index contributed by atoms with van der Waals surface area (Å²) in [6.45, 7) is 7.12. The first-order chi connectivity index (χ1) is 9.92. The number of hydrogen-bond acceptors (Lipinski definition) is 3. The van der Waals surface area contributed by atoms with Gasteiger partial charge >= 0.3 is 0 Å². The normalized spacial score (nSPS) is 23.2. The van der Waals surface area contributed by atoms with Gasteiger partial charge in [-0.1, -0.05) is 17.7 Å². The van der Waals surface area contributed by atoms with Gasteiger partial charge < -0.3 is 15.4 Å². The first-order valence-corrected chi connectivity index (χ1v) is 7.73. The molecule has 1 aliphatic heterocycles. The Morgan fingerprint density at radius 2 is 2.29 bits per heavy atom. The van der Waals surface area contributed by atoms with Crippen LogP contribution in [-0.2, 0) is 4.79 Å². The molecule has 0 bridgehead atoms. The highest BCUT2D eigenvalue weighted by molar-refractivity contribution is 6.32. The number of halogens is 1. The third kappa shape index (κ3) is 3.69. The van der Waals surface area contributed by atoms with Crippen molar-refractivity contribution in [3.8, 4) is 5.75 Å². The lowest BCUT2D eigenvalue weighted by molar-refractivity contribution is -0.138. The molecule has 3 atom stereocenters. The molecule has 1 fully saturated rings. The summed E-state index contributed by atoms with van der Waals surface area (Å²) in [7, 11) is 0. The fraction of sp³-hybridized carbons (Fsp3) is 0.562. The number of likely N-dealkylation sites (tertiary alicyclic amines) is 1. The predicted molar refractivity (Wildman–Crippen MR) is 84.6 cm³/mol. The quantitative estimate of drug-likeness (QED) is 0.930. The molecular formula is C16H23ClN2O2. The van der Waals surface area contributed by atoms with Crippen molar-refractivity contribution >= 4 is 17.5 Å². The van der Waals surface area contributed by atoms with E-state index in [0.29, 0.717) is 29.8 Å². The highest BCUT2D eigenvalue weighted by atomic mass is 35.5. The van der Waals surface area contributed by atoms with Crippen LogP contribution in [0.1, 0.15) is 25.8 Å². The van der Waals surface area contributed by atoms with Crippen LogP contribution in [0.15, 0.2) is 18.2 Å². The summed E-state index contributed by atoms with van der Waals surface area (Å²) in [6, 6.07) is 5.76. The smallest absolute Gasteiger partial charge is 0.263 e. The second kappa shape index (κ2) is 6.67. The number of aryl methyl sites for hydroxylation is 1. The topological polar surface area (TPSA) is 55.6 Å². The van der Waals surface area contributed by atoms with Gasteiger partial charge in [-0.3, -0.25) is 4.79 Å². The van der Waals surface area contributed by atoms with E-state index in [1.54, 1.807) is 13.0 Å². The van der Waals surface area contributed by atoms with Crippen molar-refractivity contribution in [1.29, 1.82) is 0 Å². The second-order valence-electron chi connectivity index (χ2n) is 5.87. The van der Waals surface area contributed by atoms with E-state index in [-0.39, 0.29) is 11.9 Å². The Kier molecular flexibility index (Phi) is 5.12. The van der Waals surface area contributed by atoms with Crippen LogP contribution in [0.2, 0.25) is 5.02 Å². The van der Waals surface area contributed by atoms with E-state index in [9.17, 15) is 4.79 Å². The van der Waals surface area contributed by atoms with Crippen molar-refractivity contribution < 1.29 is 9.53 Å². The number of rotatable bonds is 4. The van der Waals surface area contributed by atoms with Crippen LogP contribution in [0.4, 0.5) is 0 Å². The highest BCUT2D eigenvalue weighted by Crippen LogP contribution is 2.28. The number of carbonyl (C=O) groups is 1. The van der Waals surface area contributed by atoms with Gasteiger partial charge in [-0.05, 0) is 57.4 Å². The number of ether oxygens (including phenoxy) is 1. The van der Waals surface area contributed by atoms with Crippen molar-refractivity contribution in [1.82, 2.24) is 4.90 Å². The summed E-state index contributed by atoms with van der Waals surface area (Å²) in [6.07, 6.45) is 0.406. The van der Waals surface area contributed by atoms with E-state index >= 15 is 0 Å². The maximum atomic E-state index is 12.5. The van der Waals surface area contributed by atoms with E-state index < -0.39 is 6.10 Å². The van der Waals surface area contributed by atoms with E-state index in [2.05, 4.69) is 6.92 Å². The van der Waals surface area contributed by atoms with Gasteiger partial charge in [-0.15, -0.1) is 0 Å². The van der Waals surface area contributed by atoms with Crippen LogP contribution >= 0.6 is 11.6 Å². The molecule has 0 spiro atoms. The third-order valence-electron chi connectivity index (χ3n) is 4.02. The van der Waals surface area contributed by atoms with Gasteiger partial charge in [0.25, 0.3) is 5.91 Å². The number of carbonyl (C=O) groups excluding carboxylic acids is 1. The van der Waals surface area contributed by atoms with Crippen LogP contribution in [0.25, 0.3) is 0 Å². The summed E-state index contributed by atoms with van der Waals surface area (Å²) < 4.78 is 5.76. The summed E-state index contributed by atoms with van der Waals surface area (Å²) in [5.41, 5.74) is 6.76. The number of amides is 1. The summed E-state index contributed by atoms with van der Waals surface area (Å²) in [5, 5.41) is 0.523. The molecule has 1 aromatic rings. The number of hydrogen-bond donors (Lipinski definition) is 1. The average molecular weight is 311 g/mol. The van der Waals surface area contributed by atoms with Gasteiger partial charge in [0.2, 0.25) is 0 Å². The van der Waals surface area contributed by atoms with Gasteiger partial charge in [0.05, 0.1) is 5.02 Å². The molecule has 2 rings (SSSR count). The van der Waals surface area contributed by atoms with E-state index in [0.717, 1.165) is 12.0 Å². The molecule has 0 aromatic heterocycles. The Balaban J connectivity index is 2.04. The molecule has 1 aromatic carbocycles. The molecule has 1 amide bonds. The standard InChI is InChI=1S/C16H23ClN2O2/c1-10-4-5-14(17)15(6-10)21-12(3)16(20)19-9-13(8-18)7-11(19)2/h4-6,11-13H,7-9,18H2,1-3H3. The van der Waals surface area contributed by atoms with Gasteiger partial charge in [-0.25, -0.2) is 0 Å². The zero-order chi connectivity index (χ0) is 15.6. The number of nitrogens with two attached hydrogens (primary N) is 1. The minimum Gasteiger partial charge on any atom is -0.479 e. The summed E-state index contributed by atoms with van der Waals surface area (Å²) in [4.78, 5) is 14.4. The minimum absolute atomic E-state index is 0.00368. The van der Waals surface area contributed by atoms with Crippen LogP contribution in [-0.4, -0.2) is 36.0 Å². The van der Waals surface area contributed by atoms with Crippen molar-refractivity contribution in [2.45, 2.75) is 39.3 Å². The Hall–Kier alpha value is -1.26. The number of nitrogens with zero attached hydrogens (tertiary/aromatic N) is 1. The van der Waals surface area contributed by atoms with Crippen molar-refractivity contribution in [3.63, 3.8) is 0 Å². The monoisotopic (exact) mass is 310 g/mol. The fourth-order valence-corrected chi connectivity index (χ4v) is 2.96. The zero-order valence-electron chi connectivity index (χ0n) is 12.8. The molecule has 116 valence electrons. The number of benzene rings is 1. The zero-order valence-corrected chi connectivity index (χ0v) is 13.6. The van der Waals surface area contributed by atoms with E-state index in [1.165, 1.54) is 0 Å². The van der Waals surface area contributed by atoms with Crippen LogP contribution < -0.4 is 10.5 Å². The molecular weight excluding hydrogens is 288 g/mol. The third-order valence-corrected chi connectivity index (χ3v) is 4.33. The molecule has 1 heterocycles. The van der Waals surface area contributed by atoms with Crippen LogP contribution in [0.3, 0.4) is 0 Å². The highest BCUT2D eigenvalue weighted by Gasteiger charge is 2.34. The SMILES string of the molecule is Cc1ccc(Cl)c(OC(C)C(=O)N2CC(CN)CC2C)c1. The largest absolute Gasteiger partial charge is 0.479 e. The van der Waals surface area contributed by atoms with Gasteiger partial charge in [0, 0.05) is 12.6 Å². The molecule has 0 aliphatic carbocycles. The molecule has 21 heavy (non-hydrogen) atoms. The average Bonchev–Trinajstić information content (AvgIpc) is 2.83. The Bertz CT molecular complexity index is 521. The van der Waals surface area contributed by atoms with Gasteiger partial charge in [0.1, 0.15) is 5.75 Å². The molecule has 1 aliphatic rings. The predicted octanol–water partition coefficient (Wildman–Crippen LogP) is 2.61. The Morgan fingerprint density at radius 1 is 1.57 bits per heavy atom. The van der Waals surface area contributed by atoms with Crippen molar-refractivity contribution in [3.05, 3.63) is 28.8 Å². The molecule has 0 saturated carbocycles. The molecule has 5 heteroatoms. The minimum atomic E-state index is -0.553. The van der Waals surface area contributed by atoms with Gasteiger partial charge in [-0.2, -0.15) is 0 Å². The first kappa shape index (κ1) is 16.1. The molecule has 3 unspecified atom stereocenters. The maximum Gasteiger partial charge on any atom is 0.263 e. The first-order valence-electron chi connectivity index (χ1n) is 7.35. The van der Waals surface area contributed by atoms with E-state index in [1.807, 2.05) is 24.0 Å². The Morgan fingerprint density at radius 3 is 2.90 bits per heavy atom.